The Labute approximate surface area is 78.6 Å². The van der Waals surface area contributed by atoms with Crippen LogP contribution in [0.5, 0.6) is 0 Å². The molecule has 1 fully saturated rings. The van der Waals surface area contributed by atoms with Crippen LogP contribution in [-0.4, -0.2) is 39.9 Å². The van der Waals surface area contributed by atoms with Crippen LogP contribution < -0.4 is 5.32 Å². The fourth-order valence-corrected chi connectivity index (χ4v) is 1.75. The molecule has 1 aliphatic heterocycles. The summed E-state index contributed by atoms with van der Waals surface area (Å²) in [6.45, 7) is 2.21. The van der Waals surface area contributed by atoms with Crippen molar-refractivity contribution in [2.24, 2.45) is 5.41 Å². The predicted octanol–water partition coefficient (Wildman–Crippen LogP) is 0.176. The van der Waals surface area contributed by atoms with Crippen molar-refractivity contribution in [2.75, 3.05) is 33.9 Å². The molecule has 1 aliphatic rings. The van der Waals surface area contributed by atoms with E-state index in [9.17, 15) is 4.79 Å². The Balaban J connectivity index is 2.57. The highest BCUT2D eigenvalue weighted by atomic mass is 16.5. The maximum absolute atomic E-state index is 11.5. The molecule has 1 atom stereocenters. The molecular formula is C9H17NO3. The molecule has 0 saturated carbocycles. The first-order valence-electron chi connectivity index (χ1n) is 4.53. The lowest BCUT2D eigenvalue weighted by molar-refractivity contribution is -0.152. The summed E-state index contributed by atoms with van der Waals surface area (Å²) in [7, 11) is 3.09. The van der Waals surface area contributed by atoms with Crippen molar-refractivity contribution in [3.8, 4) is 0 Å². The van der Waals surface area contributed by atoms with E-state index in [1.165, 1.54) is 7.11 Å². The zero-order valence-corrected chi connectivity index (χ0v) is 8.26. The van der Waals surface area contributed by atoms with Crippen LogP contribution in [0.15, 0.2) is 0 Å². The maximum Gasteiger partial charge on any atom is 0.313 e. The molecule has 1 saturated heterocycles. The van der Waals surface area contributed by atoms with Gasteiger partial charge in [0.05, 0.1) is 12.5 Å². The van der Waals surface area contributed by atoms with E-state index in [0.717, 1.165) is 19.4 Å². The highest BCUT2D eigenvalue weighted by Crippen LogP contribution is 2.30. The Kier molecular flexibility index (Phi) is 3.69. The summed E-state index contributed by atoms with van der Waals surface area (Å²) < 4.78 is 9.79. The molecule has 1 rings (SSSR count). The summed E-state index contributed by atoms with van der Waals surface area (Å²) in [4.78, 5) is 11.5. The minimum absolute atomic E-state index is 0.116. The van der Waals surface area contributed by atoms with Gasteiger partial charge in [-0.1, -0.05) is 0 Å². The monoisotopic (exact) mass is 187 g/mol. The van der Waals surface area contributed by atoms with Gasteiger partial charge < -0.3 is 14.8 Å². The van der Waals surface area contributed by atoms with Crippen molar-refractivity contribution < 1.29 is 14.3 Å². The van der Waals surface area contributed by atoms with Gasteiger partial charge in [0.1, 0.15) is 0 Å². The molecule has 0 radical (unpaired) electrons. The van der Waals surface area contributed by atoms with Crippen LogP contribution in [0.1, 0.15) is 12.8 Å². The number of hydrogen-bond donors (Lipinski definition) is 1. The van der Waals surface area contributed by atoms with Crippen molar-refractivity contribution in [3.63, 3.8) is 0 Å². The van der Waals surface area contributed by atoms with Crippen LogP contribution in [0, 0.1) is 5.41 Å². The molecule has 4 heteroatoms. The first kappa shape index (κ1) is 10.5. The second kappa shape index (κ2) is 4.58. The van der Waals surface area contributed by atoms with Gasteiger partial charge in [0.15, 0.2) is 0 Å². The third kappa shape index (κ3) is 2.19. The molecule has 0 bridgehead atoms. The van der Waals surface area contributed by atoms with Crippen LogP contribution in [-0.2, 0) is 14.3 Å². The average molecular weight is 187 g/mol. The number of ether oxygens (including phenoxy) is 2. The summed E-state index contributed by atoms with van der Waals surface area (Å²) >= 11 is 0. The van der Waals surface area contributed by atoms with Crippen LogP contribution in [0.25, 0.3) is 0 Å². The van der Waals surface area contributed by atoms with Gasteiger partial charge >= 0.3 is 5.97 Å². The molecule has 13 heavy (non-hydrogen) atoms. The van der Waals surface area contributed by atoms with Crippen molar-refractivity contribution in [2.45, 2.75) is 12.8 Å². The maximum atomic E-state index is 11.5. The summed E-state index contributed by atoms with van der Waals surface area (Å²) in [5.74, 6) is -0.116. The number of carbonyl (C=O) groups is 1. The van der Waals surface area contributed by atoms with Crippen LogP contribution in [0.4, 0.5) is 0 Å². The third-order valence-corrected chi connectivity index (χ3v) is 2.65. The minimum atomic E-state index is -0.342. The standard InChI is InChI=1S/C9H17NO3/c1-12-6-4-9(8(11)13-2)3-5-10-7-9/h10H,3-7H2,1-2H3/t9-/m1/s1. The van der Waals surface area contributed by atoms with E-state index in [2.05, 4.69) is 5.32 Å². The molecule has 0 spiro atoms. The Morgan fingerprint density at radius 2 is 2.31 bits per heavy atom. The van der Waals surface area contributed by atoms with Crippen molar-refractivity contribution in [3.05, 3.63) is 0 Å². The van der Waals surface area contributed by atoms with Gasteiger partial charge in [-0.3, -0.25) is 4.79 Å². The van der Waals surface area contributed by atoms with E-state index in [1.54, 1.807) is 7.11 Å². The Bertz CT molecular complexity index is 176. The van der Waals surface area contributed by atoms with Gasteiger partial charge in [0.25, 0.3) is 0 Å². The molecule has 0 aromatic carbocycles. The molecule has 1 heterocycles. The molecule has 0 unspecified atom stereocenters. The fraction of sp³-hybridized carbons (Fsp3) is 0.889. The fourth-order valence-electron chi connectivity index (χ4n) is 1.75. The zero-order valence-electron chi connectivity index (χ0n) is 8.26. The van der Waals surface area contributed by atoms with Gasteiger partial charge in [0, 0.05) is 20.3 Å². The summed E-state index contributed by atoms with van der Waals surface area (Å²) in [6, 6.07) is 0. The van der Waals surface area contributed by atoms with E-state index < -0.39 is 0 Å². The second-order valence-corrected chi connectivity index (χ2v) is 3.44. The van der Waals surface area contributed by atoms with E-state index in [-0.39, 0.29) is 11.4 Å². The largest absolute Gasteiger partial charge is 0.469 e. The normalized spacial score (nSPS) is 27.5. The number of carbonyl (C=O) groups excluding carboxylic acids is 1. The average Bonchev–Trinajstić information content (AvgIpc) is 2.63. The number of esters is 1. The first-order valence-corrected chi connectivity index (χ1v) is 4.53. The zero-order chi connectivity index (χ0) is 9.73. The predicted molar refractivity (Wildman–Crippen MR) is 48.4 cm³/mol. The lowest BCUT2D eigenvalue weighted by Gasteiger charge is -2.24. The lowest BCUT2D eigenvalue weighted by Crippen LogP contribution is -2.35. The minimum Gasteiger partial charge on any atom is -0.469 e. The number of nitrogens with one attached hydrogen (secondary N) is 1. The Hall–Kier alpha value is -0.610. The SMILES string of the molecule is COCC[C@]1(C(=O)OC)CCNC1. The molecule has 0 amide bonds. The third-order valence-electron chi connectivity index (χ3n) is 2.65. The summed E-state index contributed by atoms with van der Waals surface area (Å²) in [5.41, 5.74) is -0.342. The Morgan fingerprint density at radius 3 is 2.77 bits per heavy atom. The van der Waals surface area contributed by atoms with Crippen LogP contribution >= 0.6 is 0 Å². The topological polar surface area (TPSA) is 47.6 Å². The van der Waals surface area contributed by atoms with E-state index in [1.807, 2.05) is 0 Å². The second-order valence-electron chi connectivity index (χ2n) is 3.44. The van der Waals surface area contributed by atoms with E-state index >= 15 is 0 Å². The van der Waals surface area contributed by atoms with Crippen molar-refractivity contribution in [1.82, 2.24) is 5.32 Å². The quantitative estimate of drug-likeness (QED) is 0.638. The molecule has 4 nitrogen and oxygen atoms in total. The van der Waals surface area contributed by atoms with Crippen LogP contribution in [0.2, 0.25) is 0 Å². The van der Waals surface area contributed by atoms with E-state index in [4.69, 9.17) is 9.47 Å². The van der Waals surface area contributed by atoms with Gasteiger partial charge in [-0.2, -0.15) is 0 Å². The number of rotatable bonds is 4. The lowest BCUT2D eigenvalue weighted by atomic mass is 9.84. The highest BCUT2D eigenvalue weighted by molar-refractivity contribution is 5.77. The molecule has 0 aliphatic carbocycles. The van der Waals surface area contributed by atoms with E-state index in [0.29, 0.717) is 13.2 Å². The van der Waals surface area contributed by atoms with Gasteiger partial charge in [-0.15, -0.1) is 0 Å². The smallest absolute Gasteiger partial charge is 0.313 e. The molecule has 0 aromatic heterocycles. The summed E-state index contributed by atoms with van der Waals surface area (Å²) in [6.07, 6.45) is 1.59. The first-order chi connectivity index (χ1) is 6.25. The van der Waals surface area contributed by atoms with Crippen molar-refractivity contribution >= 4 is 5.97 Å². The number of methoxy groups -OCH3 is 2. The van der Waals surface area contributed by atoms with Gasteiger partial charge in [-0.05, 0) is 19.4 Å². The van der Waals surface area contributed by atoms with Gasteiger partial charge in [0.2, 0.25) is 0 Å². The Morgan fingerprint density at radius 1 is 1.54 bits per heavy atom. The van der Waals surface area contributed by atoms with Crippen molar-refractivity contribution in [1.29, 1.82) is 0 Å². The highest BCUT2D eigenvalue weighted by Gasteiger charge is 2.41. The number of hydrogen-bond acceptors (Lipinski definition) is 4. The molecule has 76 valence electrons. The molecular weight excluding hydrogens is 170 g/mol. The van der Waals surface area contributed by atoms with Gasteiger partial charge in [-0.25, -0.2) is 0 Å². The summed E-state index contributed by atoms with van der Waals surface area (Å²) in [5, 5.41) is 3.18. The van der Waals surface area contributed by atoms with Crippen LogP contribution in [0.3, 0.4) is 0 Å². The molecule has 1 N–H and O–H groups in total. The molecule has 0 aromatic rings.